The molecule has 1 heterocycles. The maximum Gasteiger partial charge on any atom is 0.219 e. The van der Waals surface area contributed by atoms with Crippen LogP contribution >= 0.6 is 0 Å². The molecule has 4 nitrogen and oxygen atoms in total. The van der Waals surface area contributed by atoms with Gasteiger partial charge in [-0.1, -0.05) is 13.3 Å². The standard InChI is InChI=1S/C17H29N3O/c1-4-14-5-7-15(8-6-14)19-17-9-10-20(13(3)21)11-16(17)12(2)18/h14-15,18-19H,4-11H2,1-3H3. The summed E-state index contributed by atoms with van der Waals surface area (Å²) < 4.78 is 0. The summed E-state index contributed by atoms with van der Waals surface area (Å²) in [7, 11) is 0. The Labute approximate surface area is 128 Å². The van der Waals surface area contributed by atoms with Crippen LogP contribution in [-0.4, -0.2) is 35.7 Å². The fourth-order valence-electron chi connectivity index (χ4n) is 3.50. The third kappa shape index (κ3) is 4.08. The third-order valence-electron chi connectivity index (χ3n) is 5.05. The smallest absolute Gasteiger partial charge is 0.219 e. The molecule has 1 aliphatic heterocycles. The molecule has 21 heavy (non-hydrogen) atoms. The number of nitrogens with zero attached hydrogens (tertiary/aromatic N) is 1. The van der Waals surface area contributed by atoms with E-state index in [1.807, 2.05) is 11.8 Å². The first-order chi connectivity index (χ1) is 10.0. The summed E-state index contributed by atoms with van der Waals surface area (Å²) in [6, 6.07) is 0.557. The molecule has 1 saturated carbocycles. The molecule has 0 unspecified atom stereocenters. The fraction of sp³-hybridized carbons (Fsp3) is 0.765. The molecule has 118 valence electrons. The highest BCUT2D eigenvalue weighted by atomic mass is 16.2. The van der Waals surface area contributed by atoms with Gasteiger partial charge in [0.1, 0.15) is 0 Å². The van der Waals surface area contributed by atoms with E-state index in [1.54, 1.807) is 6.92 Å². The van der Waals surface area contributed by atoms with E-state index in [0.717, 1.165) is 24.5 Å². The minimum atomic E-state index is 0.108. The van der Waals surface area contributed by atoms with Crippen molar-refractivity contribution >= 4 is 11.6 Å². The van der Waals surface area contributed by atoms with Crippen LogP contribution in [0, 0.1) is 11.3 Å². The molecule has 0 radical (unpaired) electrons. The van der Waals surface area contributed by atoms with E-state index >= 15 is 0 Å². The highest BCUT2D eigenvalue weighted by Crippen LogP contribution is 2.28. The average Bonchev–Trinajstić information content (AvgIpc) is 2.48. The number of nitrogens with one attached hydrogen (secondary N) is 2. The molecule has 0 bridgehead atoms. The lowest BCUT2D eigenvalue weighted by molar-refractivity contribution is -0.128. The minimum Gasteiger partial charge on any atom is -0.385 e. The molecule has 0 aromatic heterocycles. The zero-order chi connectivity index (χ0) is 15.4. The topological polar surface area (TPSA) is 56.2 Å². The molecular weight excluding hydrogens is 262 g/mol. The van der Waals surface area contributed by atoms with E-state index < -0.39 is 0 Å². The van der Waals surface area contributed by atoms with Crippen LogP contribution in [-0.2, 0) is 4.79 Å². The molecule has 2 rings (SSSR count). The Morgan fingerprint density at radius 1 is 1.29 bits per heavy atom. The zero-order valence-electron chi connectivity index (χ0n) is 13.7. The van der Waals surface area contributed by atoms with Crippen molar-refractivity contribution in [3.63, 3.8) is 0 Å². The number of carbonyl (C=O) groups is 1. The van der Waals surface area contributed by atoms with Crippen molar-refractivity contribution in [1.29, 1.82) is 5.41 Å². The van der Waals surface area contributed by atoms with Gasteiger partial charge in [-0.05, 0) is 38.5 Å². The van der Waals surface area contributed by atoms with Gasteiger partial charge in [-0.25, -0.2) is 0 Å². The largest absolute Gasteiger partial charge is 0.385 e. The lowest BCUT2D eigenvalue weighted by Crippen LogP contribution is -2.42. The lowest BCUT2D eigenvalue weighted by atomic mass is 9.84. The number of hydrogen-bond donors (Lipinski definition) is 2. The van der Waals surface area contributed by atoms with Crippen LogP contribution < -0.4 is 5.32 Å². The second-order valence-electron chi connectivity index (χ2n) is 6.54. The molecule has 4 heteroatoms. The predicted octanol–water partition coefficient (Wildman–Crippen LogP) is 3.09. The van der Waals surface area contributed by atoms with Gasteiger partial charge in [0.05, 0.1) is 0 Å². The highest BCUT2D eigenvalue weighted by Gasteiger charge is 2.25. The number of hydrogen-bond acceptors (Lipinski definition) is 3. The van der Waals surface area contributed by atoms with Gasteiger partial charge in [-0.3, -0.25) is 4.79 Å². The Kier molecular flexibility index (Phi) is 5.43. The van der Waals surface area contributed by atoms with Crippen LogP contribution in [0.3, 0.4) is 0 Å². The van der Waals surface area contributed by atoms with Gasteiger partial charge in [0.25, 0.3) is 0 Å². The zero-order valence-corrected chi connectivity index (χ0v) is 13.7. The van der Waals surface area contributed by atoms with Crippen molar-refractivity contribution in [2.45, 2.75) is 65.3 Å². The van der Waals surface area contributed by atoms with Gasteiger partial charge >= 0.3 is 0 Å². The second-order valence-corrected chi connectivity index (χ2v) is 6.54. The van der Waals surface area contributed by atoms with Crippen molar-refractivity contribution in [2.75, 3.05) is 13.1 Å². The molecule has 1 aliphatic carbocycles. The molecule has 1 amide bonds. The van der Waals surface area contributed by atoms with E-state index in [1.165, 1.54) is 37.8 Å². The van der Waals surface area contributed by atoms with Gasteiger partial charge in [-0.2, -0.15) is 0 Å². The predicted molar refractivity (Wildman–Crippen MR) is 86.5 cm³/mol. The molecule has 0 aromatic carbocycles. The third-order valence-corrected chi connectivity index (χ3v) is 5.05. The summed E-state index contributed by atoms with van der Waals surface area (Å²) in [5.74, 6) is 1.01. The van der Waals surface area contributed by atoms with E-state index in [4.69, 9.17) is 5.41 Å². The van der Waals surface area contributed by atoms with E-state index in [-0.39, 0.29) is 5.91 Å². The molecular formula is C17H29N3O. The Morgan fingerprint density at radius 3 is 2.48 bits per heavy atom. The summed E-state index contributed by atoms with van der Waals surface area (Å²) in [6.45, 7) is 7.10. The molecule has 0 saturated heterocycles. The Bertz CT molecular complexity index is 433. The van der Waals surface area contributed by atoms with Gasteiger partial charge in [0, 0.05) is 49.5 Å². The molecule has 0 atom stereocenters. The first kappa shape index (κ1) is 16.1. The normalized spacial score (nSPS) is 26.7. The van der Waals surface area contributed by atoms with Crippen LogP contribution in [0.25, 0.3) is 0 Å². The van der Waals surface area contributed by atoms with Gasteiger partial charge in [0.15, 0.2) is 0 Å². The monoisotopic (exact) mass is 291 g/mol. The highest BCUT2D eigenvalue weighted by molar-refractivity contribution is 5.97. The van der Waals surface area contributed by atoms with Gasteiger partial charge in [-0.15, -0.1) is 0 Å². The summed E-state index contributed by atoms with van der Waals surface area (Å²) >= 11 is 0. The Balaban J connectivity index is 2.01. The van der Waals surface area contributed by atoms with Crippen LogP contribution in [0.2, 0.25) is 0 Å². The van der Waals surface area contributed by atoms with Gasteiger partial charge in [0.2, 0.25) is 5.91 Å². The van der Waals surface area contributed by atoms with Crippen molar-refractivity contribution in [3.8, 4) is 0 Å². The molecule has 2 aliphatic rings. The fourth-order valence-corrected chi connectivity index (χ4v) is 3.50. The van der Waals surface area contributed by atoms with Crippen molar-refractivity contribution in [3.05, 3.63) is 11.3 Å². The first-order valence-corrected chi connectivity index (χ1v) is 8.30. The van der Waals surface area contributed by atoms with E-state index in [2.05, 4.69) is 12.2 Å². The molecule has 0 spiro atoms. The maximum absolute atomic E-state index is 11.5. The Morgan fingerprint density at radius 2 is 1.95 bits per heavy atom. The Hall–Kier alpha value is -1.32. The van der Waals surface area contributed by atoms with Crippen LogP contribution in [0.4, 0.5) is 0 Å². The minimum absolute atomic E-state index is 0.108. The average molecular weight is 291 g/mol. The second kappa shape index (κ2) is 7.10. The van der Waals surface area contributed by atoms with Crippen molar-refractivity contribution in [2.24, 2.45) is 5.92 Å². The SMILES string of the molecule is CCC1CCC(NC2=C(C(C)=N)CN(C(C)=O)CC2)CC1. The summed E-state index contributed by atoms with van der Waals surface area (Å²) in [6.07, 6.45) is 7.28. The quantitative estimate of drug-likeness (QED) is 0.782. The molecule has 2 N–H and O–H groups in total. The van der Waals surface area contributed by atoms with E-state index in [9.17, 15) is 4.79 Å². The number of rotatable bonds is 4. The van der Waals surface area contributed by atoms with Crippen molar-refractivity contribution < 1.29 is 4.79 Å². The maximum atomic E-state index is 11.5. The summed E-state index contributed by atoms with van der Waals surface area (Å²) in [4.78, 5) is 13.4. The molecule has 0 aromatic rings. The lowest BCUT2D eigenvalue weighted by Gasteiger charge is -2.35. The summed E-state index contributed by atoms with van der Waals surface area (Å²) in [5.41, 5.74) is 2.82. The molecule has 1 fully saturated rings. The van der Waals surface area contributed by atoms with Gasteiger partial charge < -0.3 is 15.6 Å². The number of amides is 1. The van der Waals surface area contributed by atoms with E-state index in [0.29, 0.717) is 18.3 Å². The summed E-state index contributed by atoms with van der Waals surface area (Å²) in [5, 5.41) is 11.7. The first-order valence-electron chi connectivity index (χ1n) is 8.30. The van der Waals surface area contributed by atoms with Crippen LogP contribution in [0.1, 0.15) is 59.3 Å². The number of carbonyl (C=O) groups excluding carboxylic acids is 1. The van der Waals surface area contributed by atoms with Crippen LogP contribution in [0.5, 0.6) is 0 Å². The van der Waals surface area contributed by atoms with Crippen molar-refractivity contribution in [1.82, 2.24) is 10.2 Å². The van der Waals surface area contributed by atoms with Crippen LogP contribution in [0.15, 0.2) is 11.3 Å².